The number of carbonyl (C=O) groups is 2. The Morgan fingerprint density at radius 1 is 0.903 bits per heavy atom. The van der Waals surface area contributed by atoms with Gasteiger partial charge in [-0.2, -0.15) is 0 Å². The smallest absolute Gasteiger partial charge is 0.253 e. The number of amides is 2. The van der Waals surface area contributed by atoms with Crippen LogP contribution in [0, 0.1) is 0 Å². The molecule has 0 aromatic heterocycles. The van der Waals surface area contributed by atoms with Crippen LogP contribution in [-0.4, -0.2) is 25.2 Å². The number of anilines is 1. The molecule has 2 amide bonds. The van der Waals surface area contributed by atoms with E-state index in [1.165, 1.54) is 6.08 Å². The van der Waals surface area contributed by atoms with Gasteiger partial charge in [0, 0.05) is 12.6 Å². The van der Waals surface area contributed by atoms with Gasteiger partial charge in [-0.3, -0.25) is 9.59 Å². The van der Waals surface area contributed by atoms with Crippen molar-refractivity contribution < 1.29 is 19.1 Å². The van der Waals surface area contributed by atoms with Crippen molar-refractivity contribution >= 4 is 23.6 Å². The van der Waals surface area contributed by atoms with Crippen LogP contribution in [0.3, 0.4) is 0 Å². The van der Waals surface area contributed by atoms with E-state index in [-0.39, 0.29) is 18.6 Å². The van der Waals surface area contributed by atoms with Crippen molar-refractivity contribution in [3.05, 3.63) is 95.6 Å². The van der Waals surface area contributed by atoms with Gasteiger partial charge in [-0.05, 0) is 47.9 Å². The van der Waals surface area contributed by atoms with Gasteiger partial charge in [0.15, 0.2) is 11.5 Å². The second-order valence-electron chi connectivity index (χ2n) is 6.97. The third-order valence-electron chi connectivity index (χ3n) is 4.80. The lowest BCUT2D eigenvalue weighted by molar-refractivity contribution is -0.111. The molecule has 156 valence electrons. The van der Waals surface area contributed by atoms with Gasteiger partial charge < -0.3 is 20.1 Å². The Kier molecular flexibility index (Phi) is 6.28. The van der Waals surface area contributed by atoms with E-state index in [4.69, 9.17) is 9.47 Å². The zero-order chi connectivity index (χ0) is 21.5. The molecule has 0 bridgehead atoms. The van der Waals surface area contributed by atoms with Crippen LogP contribution in [0.1, 0.15) is 21.5 Å². The lowest BCUT2D eigenvalue weighted by Crippen LogP contribution is -2.27. The second-order valence-corrected chi connectivity index (χ2v) is 6.97. The number of hydrogen-bond donors (Lipinski definition) is 2. The maximum Gasteiger partial charge on any atom is 0.253 e. The molecule has 0 saturated heterocycles. The molecular formula is C25H22N2O4. The van der Waals surface area contributed by atoms with E-state index in [2.05, 4.69) is 10.6 Å². The number of fused-ring (bicyclic) bond motifs is 1. The van der Waals surface area contributed by atoms with Gasteiger partial charge >= 0.3 is 0 Å². The first-order valence-electron chi connectivity index (χ1n) is 9.99. The molecule has 6 nitrogen and oxygen atoms in total. The number of nitrogens with one attached hydrogen (secondary N) is 2. The Balaban J connectivity index is 1.36. The molecule has 0 unspecified atom stereocenters. The lowest BCUT2D eigenvalue weighted by atomic mass is 10.1. The number of rotatable bonds is 7. The Bertz CT molecular complexity index is 1110. The monoisotopic (exact) mass is 414 g/mol. The maximum atomic E-state index is 12.6. The number of ether oxygens (including phenoxy) is 2. The number of hydrogen-bond acceptors (Lipinski definition) is 4. The Morgan fingerprint density at radius 3 is 2.55 bits per heavy atom. The molecule has 4 rings (SSSR count). The summed E-state index contributed by atoms with van der Waals surface area (Å²) in [6.45, 7) is 0.711. The summed E-state index contributed by atoms with van der Waals surface area (Å²) in [6.07, 6.45) is 3.83. The molecule has 0 radical (unpaired) electrons. The first kappa shape index (κ1) is 20.2. The highest BCUT2D eigenvalue weighted by atomic mass is 16.7. The minimum Gasteiger partial charge on any atom is -0.454 e. The van der Waals surface area contributed by atoms with Crippen molar-refractivity contribution in [3.8, 4) is 11.5 Å². The zero-order valence-electron chi connectivity index (χ0n) is 16.8. The van der Waals surface area contributed by atoms with Crippen LogP contribution >= 0.6 is 0 Å². The van der Waals surface area contributed by atoms with Crippen LogP contribution < -0.4 is 20.1 Å². The number of para-hydroxylation sites is 1. The van der Waals surface area contributed by atoms with Gasteiger partial charge in [-0.25, -0.2) is 0 Å². The summed E-state index contributed by atoms with van der Waals surface area (Å²) in [4.78, 5) is 25.0. The molecule has 0 spiro atoms. The van der Waals surface area contributed by atoms with Crippen molar-refractivity contribution in [2.45, 2.75) is 6.42 Å². The molecule has 0 atom stereocenters. The number of benzene rings is 3. The highest BCUT2D eigenvalue weighted by Gasteiger charge is 2.13. The van der Waals surface area contributed by atoms with E-state index in [0.29, 0.717) is 29.3 Å². The summed E-state index contributed by atoms with van der Waals surface area (Å²) in [5.41, 5.74) is 2.84. The maximum absolute atomic E-state index is 12.6. The highest BCUT2D eigenvalue weighted by Crippen LogP contribution is 2.32. The van der Waals surface area contributed by atoms with Gasteiger partial charge in [-0.1, -0.05) is 48.5 Å². The van der Waals surface area contributed by atoms with E-state index in [0.717, 1.165) is 17.5 Å². The van der Waals surface area contributed by atoms with Gasteiger partial charge in [0.25, 0.3) is 5.91 Å². The lowest BCUT2D eigenvalue weighted by Gasteiger charge is -2.10. The molecule has 0 aliphatic carbocycles. The van der Waals surface area contributed by atoms with Crippen LogP contribution in [-0.2, 0) is 11.2 Å². The van der Waals surface area contributed by atoms with E-state index in [9.17, 15) is 9.59 Å². The molecule has 6 heteroatoms. The average Bonchev–Trinajstić information content (AvgIpc) is 3.27. The average molecular weight is 414 g/mol. The summed E-state index contributed by atoms with van der Waals surface area (Å²) in [5, 5.41) is 5.69. The van der Waals surface area contributed by atoms with Gasteiger partial charge in [-0.15, -0.1) is 0 Å². The van der Waals surface area contributed by atoms with Crippen LogP contribution in [0.2, 0.25) is 0 Å². The summed E-state index contributed by atoms with van der Waals surface area (Å²) >= 11 is 0. The largest absolute Gasteiger partial charge is 0.454 e. The summed E-state index contributed by atoms with van der Waals surface area (Å²) in [5.74, 6) is 0.780. The molecule has 1 aliphatic heterocycles. The van der Waals surface area contributed by atoms with Crippen molar-refractivity contribution in [2.24, 2.45) is 0 Å². The molecule has 3 aromatic rings. The third kappa shape index (κ3) is 5.30. The number of carbonyl (C=O) groups excluding carboxylic acids is 2. The summed E-state index contributed by atoms with van der Waals surface area (Å²) in [7, 11) is 0. The minimum absolute atomic E-state index is 0.202. The fourth-order valence-corrected chi connectivity index (χ4v) is 3.21. The van der Waals surface area contributed by atoms with E-state index in [1.807, 2.05) is 36.4 Å². The van der Waals surface area contributed by atoms with Crippen molar-refractivity contribution in [1.82, 2.24) is 5.32 Å². The predicted octanol–water partition coefficient (Wildman–Crippen LogP) is 4.04. The normalized spacial score (nSPS) is 12.0. The molecule has 1 aliphatic rings. The Morgan fingerprint density at radius 2 is 1.68 bits per heavy atom. The molecule has 0 saturated carbocycles. The molecule has 2 N–H and O–H groups in total. The standard InChI is InChI=1S/C25H22N2O4/c28-24(13-11-19-10-12-22-23(16-19)31-17-30-22)27-21-9-5-4-8-20(21)25(29)26-15-14-18-6-2-1-3-7-18/h1-13,16H,14-15,17H2,(H,26,29)(H,27,28)/b13-11+. The van der Waals surface area contributed by atoms with Gasteiger partial charge in [0.2, 0.25) is 12.7 Å². The quantitative estimate of drug-likeness (QED) is 0.572. The first-order chi connectivity index (χ1) is 15.2. The van der Waals surface area contributed by atoms with E-state index < -0.39 is 0 Å². The topological polar surface area (TPSA) is 76.7 Å². The third-order valence-corrected chi connectivity index (χ3v) is 4.80. The van der Waals surface area contributed by atoms with Crippen LogP contribution in [0.4, 0.5) is 5.69 Å². The van der Waals surface area contributed by atoms with Crippen molar-refractivity contribution in [2.75, 3.05) is 18.7 Å². The molecular weight excluding hydrogens is 392 g/mol. The first-order valence-corrected chi connectivity index (χ1v) is 9.99. The van der Waals surface area contributed by atoms with Crippen LogP contribution in [0.15, 0.2) is 78.9 Å². The Hall–Kier alpha value is -4.06. The second kappa shape index (κ2) is 9.63. The van der Waals surface area contributed by atoms with Crippen LogP contribution in [0.5, 0.6) is 11.5 Å². The highest BCUT2D eigenvalue weighted by molar-refractivity contribution is 6.07. The van der Waals surface area contributed by atoms with Gasteiger partial charge in [0.05, 0.1) is 11.3 Å². The minimum atomic E-state index is -0.331. The van der Waals surface area contributed by atoms with E-state index in [1.54, 1.807) is 42.5 Å². The SMILES string of the molecule is O=C(/C=C/c1ccc2c(c1)OCO2)Nc1ccccc1C(=O)NCCc1ccccc1. The van der Waals surface area contributed by atoms with Crippen molar-refractivity contribution in [1.29, 1.82) is 0 Å². The van der Waals surface area contributed by atoms with E-state index >= 15 is 0 Å². The zero-order valence-corrected chi connectivity index (χ0v) is 16.8. The molecule has 31 heavy (non-hydrogen) atoms. The summed E-state index contributed by atoms with van der Waals surface area (Å²) < 4.78 is 10.6. The summed E-state index contributed by atoms with van der Waals surface area (Å²) in [6, 6.07) is 22.3. The molecule has 1 heterocycles. The fraction of sp³-hybridized carbons (Fsp3) is 0.120. The Labute approximate surface area is 180 Å². The van der Waals surface area contributed by atoms with Crippen molar-refractivity contribution in [3.63, 3.8) is 0 Å². The fourth-order valence-electron chi connectivity index (χ4n) is 3.21. The molecule has 3 aromatic carbocycles. The predicted molar refractivity (Wildman–Crippen MR) is 119 cm³/mol. The van der Waals surface area contributed by atoms with Gasteiger partial charge in [0.1, 0.15) is 0 Å². The molecule has 0 fully saturated rings. The van der Waals surface area contributed by atoms with Crippen LogP contribution in [0.25, 0.3) is 6.08 Å².